The zero-order valence-corrected chi connectivity index (χ0v) is 11.5. The van der Waals surface area contributed by atoms with Crippen LogP contribution < -0.4 is 10.6 Å². The molecule has 1 unspecified atom stereocenters. The molecule has 18 heavy (non-hydrogen) atoms. The van der Waals surface area contributed by atoms with E-state index in [1.165, 1.54) is 18.5 Å². The predicted molar refractivity (Wildman–Crippen MR) is 79.3 cm³/mol. The van der Waals surface area contributed by atoms with Crippen LogP contribution in [0.15, 0.2) is 30.3 Å². The van der Waals surface area contributed by atoms with E-state index in [1.807, 2.05) is 6.07 Å². The number of anilines is 1. The normalized spacial score (nSPS) is 12.1. The average Bonchev–Trinajstić information content (AvgIpc) is 2.35. The quantitative estimate of drug-likeness (QED) is 0.547. The molecule has 1 aromatic rings. The van der Waals surface area contributed by atoms with Crippen molar-refractivity contribution in [2.24, 2.45) is 11.7 Å². The number of rotatable bonds is 8. The number of nitrogens with two attached hydrogens (primary N) is 1. The largest absolute Gasteiger partial charge is 0.388 e. The highest BCUT2D eigenvalue weighted by Gasteiger charge is 2.10. The number of nitrogens with one attached hydrogen (secondary N) is 1. The lowest BCUT2D eigenvalue weighted by Crippen LogP contribution is -2.31. The van der Waals surface area contributed by atoms with Gasteiger partial charge >= 0.3 is 0 Å². The molecule has 0 spiro atoms. The Hall–Kier alpha value is -1.51. The minimum absolute atomic E-state index is 0.263. The maximum absolute atomic E-state index is 7.36. The van der Waals surface area contributed by atoms with Gasteiger partial charge in [-0.15, -0.1) is 0 Å². The summed E-state index contributed by atoms with van der Waals surface area (Å²) < 4.78 is 0. The molecule has 0 aliphatic heterocycles. The minimum atomic E-state index is 0.263. The van der Waals surface area contributed by atoms with Crippen LogP contribution in [0.1, 0.15) is 33.1 Å². The van der Waals surface area contributed by atoms with E-state index in [4.69, 9.17) is 11.1 Å². The SMILES string of the molecule is CCCC(C)CN(CCC(=N)N)c1ccccc1. The molecular formula is C15H25N3. The van der Waals surface area contributed by atoms with E-state index in [1.54, 1.807) is 0 Å². The standard InChI is InChI=1S/C15H25N3/c1-3-7-13(2)12-18(11-10-15(16)17)14-8-5-4-6-9-14/h4-6,8-9,13H,3,7,10-12H2,1-2H3,(H3,16,17). The van der Waals surface area contributed by atoms with E-state index >= 15 is 0 Å². The Bertz CT molecular complexity index is 348. The first-order valence-corrected chi connectivity index (χ1v) is 6.76. The molecule has 0 aliphatic rings. The van der Waals surface area contributed by atoms with Gasteiger partial charge < -0.3 is 10.6 Å². The lowest BCUT2D eigenvalue weighted by atomic mass is 10.1. The Kier molecular flexibility index (Phi) is 6.26. The molecule has 0 aromatic heterocycles. The van der Waals surface area contributed by atoms with Gasteiger partial charge in [0.1, 0.15) is 0 Å². The molecule has 3 N–H and O–H groups in total. The summed E-state index contributed by atoms with van der Waals surface area (Å²) in [5.74, 6) is 0.932. The number of para-hydroxylation sites is 1. The van der Waals surface area contributed by atoms with Crippen molar-refractivity contribution in [3.63, 3.8) is 0 Å². The van der Waals surface area contributed by atoms with Crippen LogP contribution in [-0.4, -0.2) is 18.9 Å². The van der Waals surface area contributed by atoms with Crippen LogP contribution in [0, 0.1) is 11.3 Å². The highest BCUT2D eigenvalue weighted by Crippen LogP contribution is 2.17. The molecule has 0 bridgehead atoms. The van der Waals surface area contributed by atoms with Gasteiger partial charge in [-0.05, 0) is 24.5 Å². The topological polar surface area (TPSA) is 53.1 Å². The number of amidine groups is 1. The van der Waals surface area contributed by atoms with E-state index in [0.717, 1.165) is 13.1 Å². The van der Waals surface area contributed by atoms with Crippen LogP contribution in [0.5, 0.6) is 0 Å². The Morgan fingerprint density at radius 3 is 2.56 bits per heavy atom. The molecule has 1 rings (SSSR count). The summed E-state index contributed by atoms with van der Waals surface area (Å²) in [4.78, 5) is 2.34. The summed E-state index contributed by atoms with van der Waals surface area (Å²) in [6.07, 6.45) is 3.09. The van der Waals surface area contributed by atoms with Crippen LogP contribution in [0.25, 0.3) is 0 Å². The van der Waals surface area contributed by atoms with Crippen LogP contribution in [0.2, 0.25) is 0 Å². The van der Waals surface area contributed by atoms with Gasteiger partial charge in [-0.3, -0.25) is 5.41 Å². The van der Waals surface area contributed by atoms with Crippen molar-refractivity contribution in [2.75, 3.05) is 18.0 Å². The zero-order chi connectivity index (χ0) is 13.4. The van der Waals surface area contributed by atoms with Gasteiger partial charge in [-0.2, -0.15) is 0 Å². The number of hydrogen-bond donors (Lipinski definition) is 2. The van der Waals surface area contributed by atoms with Gasteiger partial charge in [-0.1, -0.05) is 38.5 Å². The molecule has 3 heteroatoms. The van der Waals surface area contributed by atoms with Crippen LogP contribution in [0.3, 0.4) is 0 Å². The highest BCUT2D eigenvalue weighted by atomic mass is 15.1. The van der Waals surface area contributed by atoms with Crippen molar-refractivity contribution in [2.45, 2.75) is 33.1 Å². The molecule has 0 aliphatic carbocycles. The third kappa shape index (κ3) is 5.21. The summed E-state index contributed by atoms with van der Waals surface area (Å²) in [5, 5.41) is 7.36. The van der Waals surface area contributed by atoms with Crippen molar-refractivity contribution in [3.8, 4) is 0 Å². The van der Waals surface area contributed by atoms with Gasteiger partial charge in [0.25, 0.3) is 0 Å². The van der Waals surface area contributed by atoms with E-state index < -0.39 is 0 Å². The molecule has 0 saturated carbocycles. The average molecular weight is 247 g/mol. The summed E-state index contributed by atoms with van der Waals surface area (Å²) in [7, 11) is 0. The molecule has 0 amide bonds. The minimum Gasteiger partial charge on any atom is -0.388 e. The van der Waals surface area contributed by atoms with Gasteiger partial charge in [0.2, 0.25) is 0 Å². The van der Waals surface area contributed by atoms with E-state index in [-0.39, 0.29) is 5.84 Å². The highest BCUT2D eigenvalue weighted by molar-refractivity contribution is 5.77. The molecule has 0 radical (unpaired) electrons. The van der Waals surface area contributed by atoms with E-state index in [9.17, 15) is 0 Å². The first kappa shape index (κ1) is 14.6. The van der Waals surface area contributed by atoms with Crippen molar-refractivity contribution in [1.29, 1.82) is 5.41 Å². The Morgan fingerprint density at radius 1 is 1.33 bits per heavy atom. The summed E-state index contributed by atoms with van der Waals surface area (Å²) >= 11 is 0. The van der Waals surface area contributed by atoms with Crippen molar-refractivity contribution in [3.05, 3.63) is 30.3 Å². The molecule has 0 heterocycles. The second-order valence-electron chi connectivity index (χ2n) is 4.95. The van der Waals surface area contributed by atoms with Crippen molar-refractivity contribution in [1.82, 2.24) is 0 Å². The van der Waals surface area contributed by atoms with Crippen molar-refractivity contribution >= 4 is 11.5 Å². The fourth-order valence-corrected chi connectivity index (χ4v) is 2.18. The molecule has 1 atom stereocenters. The van der Waals surface area contributed by atoms with Crippen LogP contribution in [0.4, 0.5) is 5.69 Å². The lowest BCUT2D eigenvalue weighted by Gasteiger charge is -2.27. The van der Waals surface area contributed by atoms with E-state index in [2.05, 4.69) is 43.0 Å². The molecule has 0 saturated heterocycles. The van der Waals surface area contributed by atoms with Crippen molar-refractivity contribution < 1.29 is 0 Å². The Morgan fingerprint density at radius 2 is 2.00 bits per heavy atom. The smallest absolute Gasteiger partial charge is 0.0923 e. The summed E-state index contributed by atoms with van der Waals surface area (Å²) in [6, 6.07) is 10.4. The first-order valence-electron chi connectivity index (χ1n) is 6.76. The second kappa shape index (κ2) is 7.75. The van der Waals surface area contributed by atoms with Gasteiger partial charge in [0, 0.05) is 25.2 Å². The predicted octanol–water partition coefficient (Wildman–Crippen LogP) is 3.26. The number of nitrogens with zero attached hydrogens (tertiary/aromatic N) is 1. The Labute approximate surface area is 111 Å². The summed E-state index contributed by atoms with van der Waals surface area (Å²) in [5.41, 5.74) is 6.69. The lowest BCUT2D eigenvalue weighted by molar-refractivity contribution is 0.513. The van der Waals surface area contributed by atoms with Gasteiger partial charge in [0.05, 0.1) is 5.84 Å². The van der Waals surface area contributed by atoms with E-state index in [0.29, 0.717) is 12.3 Å². The maximum Gasteiger partial charge on any atom is 0.0923 e. The second-order valence-corrected chi connectivity index (χ2v) is 4.95. The zero-order valence-electron chi connectivity index (χ0n) is 11.5. The summed E-state index contributed by atoms with van der Waals surface area (Å²) in [6.45, 7) is 6.37. The fraction of sp³-hybridized carbons (Fsp3) is 0.533. The molecule has 3 nitrogen and oxygen atoms in total. The maximum atomic E-state index is 7.36. The molecule has 1 aromatic carbocycles. The monoisotopic (exact) mass is 247 g/mol. The van der Waals surface area contributed by atoms with Crippen LogP contribution in [-0.2, 0) is 0 Å². The number of benzene rings is 1. The van der Waals surface area contributed by atoms with Gasteiger partial charge in [-0.25, -0.2) is 0 Å². The third-order valence-electron chi connectivity index (χ3n) is 3.09. The Balaban J connectivity index is 2.66. The molecular weight excluding hydrogens is 222 g/mol. The number of hydrogen-bond acceptors (Lipinski definition) is 2. The molecule has 100 valence electrons. The third-order valence-corrected chi connectivity index (χ3v) is 3.09. The first-order chi connectivity index (χ1) is 8.63. The van der Waals surface area contributed by atoms with Crippen LogP contribution >= 0.6 is 0 Å². The molecule has 0 fully saturated rings. The fourth-order valence-electron chi connectivity index (χ4n) is 2.18. The van der Waals surface area contributed by atoms with Gasteiger partial charge in [0.15, 0.2) is 0 Å².